The minimum Gasteiger partial charge on any atom is -0.316 e. The van der Waals surface area contributed by atoms with Gasteiger partial charge in [-0.1, -0.05) is 0 Å². The minimum absolute atomic E-state index is 0.182. The van der Waals surface area contributed by atoms with Gasteiger partial charge in [0.2, 0.25) is 0 Å². The Hall–Kier alpha value is -1.01. The van der Waals surface area contributed by atoms with Gasteiger partial charge >= 0.3 is 0 Å². The zero-order valence-corrected chi connectivity index (χ0v) is 10.00. The third kappa shape index (κ3) is 2.38. The van der Waals surface area contributed by atoms with E-state index in [2.05, 4.69) is 15.3 Å². The third-order valence-corrected chi connectivity index (χ3v) is 3.90. The molecule has 0 bridgehead atoms. The molecule has 1 saturated heterocycles. The molecular formula is C10H15N3O2S. The Bertz CT molecular complexity index is 467. The molecule has 88 valence electrons. The SMILES string of the molecule is CS(=O)(=O)c1cncnc1[C@@H]1CCCNC1. The highest BCUT2D eigenvalue weighted by Crippen LogP contribution is 2.26. The fourth-order valence-electron chi connectivity index (χ4n) is 2.00. The first-order valence-corrected chi connectivity index (χ1v) is 7.19. The Morgan fingerprint density at radius 3 is 2.94 bits per heavy atom. The van der Waals surface area contributed by atoms with Crippen LogP contribution in [-0.4, -0.2) is 37.7 Å². The highest BCUT2D eigenvalue weighted by Gasteiger charge is 2.23. The number of aromatic nitrogens is 2. The van der Waals surface area contributed by atoms with Gasteiger partial charge in [0.05, 0.1) is 5.69 Å². The smallest absolute Gasteiger partial charge is 0.178 e. The van der Waals surface area contributed by atoms with Crippen molar-refractivity contribution in [1.29, 1.82) is 0 Å². The van der Waals surface area contributed by atoms with Crippen LogP contribution in [0.4, 0.5) is 0 Å². The molecule has 0 saturated carbocycles. The van der Waals surface area contributed by atoms with E-state index in [9.17, 15) is 8.42 Å². The van der Waals surface area contributed by atoms with E-state index in [0.717, 1.165) is 25.9 Å². The molecule has 0 unspecified atom stereocenters. The lowest BCUT2D eigenvalue weighted by Gasteiger charge is -2.23. The van der Waals surface area contributed by atoms with Gasteiger partial charge in [0.15, 0.2) is 9.84 Å². The van der Waals surface area contributed by atoms with Gasteiger partial charge in [-0.25, -0.2) is 18.4 Å². The zero-order chi connectivity index (χ0) is 11.6. The second-order valence-electron chi connectivity index (χ2n) is 4.09. The molecule has 1 aromatic rings. The van der Waals surface area contributed by atoms with Crippen LogP contribution in [0.2, 0.25) is 0 Å². The maximum atomic E-state index is 11.6. The van der Waals surface area contributed by atoms with Crippen LogP contribution in [0.3, 0.4) is 0 Å². The van der Waals surface area contributed by atoms with Gasteiger partial charge in [-0.3, -0.25) is 0 Å². The number of sulfone groups is 1. The molecule has 1 aromatic heterocycles. The van der Waals surface area contributed by atoms with Gasteiger partial charge in [0.25, 0.3) is 0 Å². The largest absolute Gasteiger partial charge is 0.316 e. The van der Waals surface area contributed by atoms with E-state index in [1.807, 2.05) is 0 Å². The molecule has 1 atom stereocenters. The van der Waals surface area contributed by atoms with Crippen LogP contribution in [0.1, 0.15) is 24.5 Å². The van der Waals surface area contributed by atoms with Crippen LogP contribution < -0.4 is 5.32 Å². The van der Waals surface area contributed by atoms with Gasteiger partial charge in [0, 0.05) is 24.9 Å². The lowest BCUT2D eigenvalue weighted by molar-refractivity contribution is 0.448. The summed E-state index contributed by atoms with van der Waals surface area (Å²) in [5.74, 6) is 0.182. The first-order valence-electron chi connectivity index (χ1n) is 5.29. The Kier molecular flexibility index (Phi) is 3.20. The Balaban J connectivity index is 2.40. The van der Waals surface area contributed by atoms with Crippen molar-refractivity contribution >= 4 is 9.84 Å². The molecule has 1 fully saturated rings. The summed E-state index contributed by atoms with van der Waals surface area (Å²) in [6.45, 7) is 1.79. The van der Waals surface area contributed by atoms with Crippen molar-refractivity contribution in [2.75, 3.05) is 19.3 Å². The zero-order valence-electron chi connectivity index (χ0n) is 9.18. The van der Waals surface area contributed by atoms with Gasteiger partial charge in [-0.15, -0.1) is 0 Å². The second-order valence-corrected chi connectivity index (χ2v) is 6.07. The summed E-state index contributed by atoms with van der Waals surface area (Å²) < 4.78 is 23.2. The predicted octanol–water partition coefficient (Wildman–Crippen LogP) is 0.347. The van der Waals surface area contributed by atoms with Crippen molar-refractivity contribution in [3.05, 3.63) is 18.2 Å². The number of nitrogens with zero attached hydrogens (tertiary/aromatic N) is 2. The van der Waals surface area contributed by atoms with Crippen LogP contribution in [-0.2, 0) is 9.84 Å². The van der Waals surface area contributed by atoms with E-state index >= 15 is 0 Å². The monoisotopic (exact) mass is 241 g/mol. The number of nitrogens with one attached hydrogen (secondary N) is 1. The summed E-state index contributed by atoms with van der Waals surface area (Å²) in [5.41, 5.74) is 0.657. The fraction of sp³-hybridized carbons (Fsp3) is 0.600. The van der Waals surface area contributed by atoms with Crippen LogP contribution in [0, 0.1) is 0 Å². The molecule has 5 nitrogen and oxygen atoms in total. The predicted molar refractivity (Wildman–Crippen MR) is 60.0 cm³/mol. The van der Waals surface area contributed by atoms with E-state index < -0.39 is 9.84 Å². The molecule has 1 aliphatic rings. The van der Waals surface area contributed by atoms with E-state index in [4.69, 9.17) is 0 Å². The van der Waals surface area contributed by atoms with Crippen molar-refractivity contribution < 1.29 is 8.42 Å². The molecule has 2 heterocycles. The maximum Gasteiger partial charge on any atom is 0.178 e. The Morgan fingerprint density at radius 1 is 1.50 bits per heavy atom. The van der Waals surface area contributed by atoms with E-state index in [-0.39, 0.29) is 10.8 Å². The molecule has 2 rings (SSSR count). The summed E-state index contributed by atoms with van der Waals surface area (Å²) >= 11 is 0. The van der Waals surface area contributed by atoms with E-state index in [1.54, 1.807) is 0 Å². The molecule has 0 aromatic carbocycles. The van der Waals surface area contributed by atoms with Crippen molar-refractivity contribution in [2.24, 2.45) is 0 Å². The van der Waals surface area contributed by atoms with Crippen molar-refractivity contribution in [2.45, 2.75) is 23.7 Å². The highest BCUT2D eigenvalue weighted by atomic mass is 32.2. The third-order valence-electron chi connectivity index (χ3n) is 2.79. The standard InChI is InChI=1S/C10H15N3O2S/c1-16(14,15)9-6-12-7-13-10(9)8-3-2-4-11-5-8/h6-8,11H,2-5H2,1H3/t8-/m1/s1. The molecule has 1 aliphatic heterocycles. The summed E-state index contributed by atoms with van der Waals surface area (Å²) in [4.78, 5) is 8.20. The number of hydrogen-bond acceptors (Lipinski definition) is 5. The first kappa shape index (κ1) is 11.5. The number of hydrogen-bond donors (Lipinski definition) is 1. The summed E-state index contributed by atoms with van der Waals surface area (Å²) in [7, 11) is -3.24. The van der Waals surface area contributed by atoms with Crippen molar-refractivity contribution in [3.63, 3.8) is 0 Å². The van der Waals surface area contributed by atoms with E-state index in [1.165, 1.54) is 18.8 Å². The molecule has 0 aliphatic carbocycles. The minimum atomic E-state index is -3.24. The van der Waals surface area contributed by atoms with Gasteiger partial charge < -0.3 is 5.32 Å². The maximum absolute atomic E-state index is 11.6. The van der Waals surface area contributed by atoms with Crippen molar-refractivity contribution in [1.82, 2.24) is 15.3 Å². The van der Waals surface area contributed by atoms with Crippen LogP contribution >= 0.6 is 0 Å². The van der Waals surface area contributed by atoms with Gasteiger partial charge in [0.1, 0.15) is 11.2 Å². The van der Waals surface area contributed by atoms with Crippen LogP contribution in [0.5, 0.6) is 0 Å². The molecular weight excluding hydrogens is 226 g/mol. The number of piperidine rings is 1. The van der Waals surface area contributed by atoms with Gasteiger partial charge in [-0.05, 0) is 19.4 Å². The normalized spacial score (nSPS) is 21.9. The van der Waals surface area contributed by atoms with Crippen LogP contribution in [0.25, 0.3) is 0 Å². The molecule has 0 spiro atoms. The van der Waals surface area contributed by atoms with E-state index in [0.29, 0.717) is 5.69 Å². The second kappa shape index (κ2) is 4.47. The quantitative estimate of drug-likeness (QED) is 0.808. The van der Waals surface area contributed by atoms with Crippen molar-refractivity contribution in [3.8, 4) is 0 Å². The molecule has 0 radical (unpaired) electrons. The molecule has 1 N–H and O–H groups in total. The highest BCUT2D eigenvalue weighted by molar-refractivity contribution is 7.90. The fourth-order valence-corrected chi connectivity index (χ4v) is 2.86. The first-order chi connectivity index (χ1) is 7.59. The summed E-state index contributed by atoms with van der Waals surface area (Å²) in [6, 6.07) is 0. The molecule has 0 amide bonds. The van der Waals surface area contributed by atoms with Gasteiger partial charge in [-0.2, -0.15) is 0 Å². The average molecular weight is 241 g/mol. The molecule has 6 heteroatoms. The Labute approximate surface area is 95.2 Å². The van der Waals surface area contributed by atoms with Crippen LogP contribution in [0.15, 0.2) is 17.4 Å². The summed E-state index contributed by atoms with van der Waals surface area (Å²) in [6.07, 6.45) is 6.04. The summed E-state index contributed by atoms with van der Waals surface area (Å²) in [5, 5.41) is 3.26. The topological polar surface area (TPSA) is 72.0 Å². The lowest BCUT2D eigenvalue weighted by Crippen LogP contribution is -2.29. The number of rotatable bonds is 2. The average Bonchev–Trinajstić information content (AvgIpc) is 2.29. The molecule has 16 heavy (non-hydrogen) atoms. The lowest BCUT2D eigenvalue weighted by atomic mass is 9.96. The Morgan fingerprint density at radius 2 is 2.31 bits per heavy atom.